The van der Waals surface area contributed by atoms with Crippen LogP contribution in [-0.2, 0) is 9.84 Å². The first-order valence-electron chi connectivity index (χ1n) is 6.55. The molecule has 0 aliphatic carbocycles. The summed E-state index contributed by atoms with van der Waals surface area (Å²) in [7, 11) is -2.89. The lowest BCUT2D eigenvalue weighted by Gasteiger charge is -2.42. The molecule has 0 radical (unpaired) electrons. The highest BCUT2D eigenvalue weighted by Crippen LogP contribution is 2.35. The number of rotatable bonds is 2. The van der Waals surface area contributed by atoms with Crippen molar-refractivity contribution in [2.45, 2.75) is 45.2 Å². The van der Waals surface area contributed by atoms with Gasteiger partial charge in [0.05, 0.1) is 11.5 Å². The topological polar surface area (TPSA) is 63.4 Å². The molecular formula is C12H24N2O2S. The van der Waals surface area contributed by atoms with Gasteiger partial charge in [-0.2, -0.15) is 0 Å². The Kier molecular flexibility index (Phi) is 3.54. The van der Waals surface area contributed by atoms with Crippen LogP contribution >= 0.6 is 0 Å². The molecule has 2 fully saturated rings. The van der Waals surface area contributed by atoms with E-state index < -0.39 is 9.84 Å². The summed E-state index contributed by atoms with van der Waals surface area (Å²) in [5, 5.41) is 0. The van der Waals surface area contributed by atoms with E-state index in [9.17, 15) is 8.42 Å². The van der Waals surface area contributed by atoms with E-state index in [1.54, 1.807) is 0 Å². The molecule has 2 unspecified atom stereocenters. The minimum absolute atomic E-state index is 0.0569. The van der Waals surface area contributed by atoms with Crippen molar-refractivity contribution in [2.75, 3.05) is 24.6 Å². The van der Waals surface area contributed by atoms with Crippen LogP contribution in [0.3, 0.4) is 0 Å². The molecule has 2 rings (SSSR count). The van der Waals surface area contributed by atoms with E-state index in [1.165, 1.54) is 6.42 Å². The van der Waals surface area contributed by atoms with Crippen molar-refractivity contribution in [1.29, 1.82) is 0 Å². The third-order valence-electron chi connectivity index (χ3n) is 4.69. The van der Waals surface area contributed by atoms with E-state index >= 15 is 0 Å². The van der Waals surface area contributed by atoms with E-state index in [-0.39, 0.29) is 23.6 Å². The highest BCUT2D eigenvalue weighted by atomic mass is 32.2. The quantitative estimate of drug-likeness (QED) is 0.791. The molecule has 4 nitrogen and oxygen atoms in total. The summed E-state index contributed by atoms with van der Waals surface area (Å²) in [5.41, 5.74) is 6.41. The molecule has 0 bridgehead atoms. The Balaban J connectivity index is 1.98. The Hall–Kier alpha value is -0.130. The number of nitrogens with two attached hydrogens (primary N) is 1. The largest absolute Gasteiger partial charge is 0.325 e. The second-order valence-corrected chi connectivity index (χ2v) is 8.16. The summed E-state index contributed by atoms with van der Waals surface area (Å²) < 4.78 is 23.1. The van der Waals surface area contributed by atoms with Crippen LogP contribution < -0.4 is 5.73 Å². The standard InChI is InChI=1S/C12H24N2O2S/c1-3-12(2)4-6-14(7-5-12)11-9-17(15,16)8-10(11)13/h10-11H,3-9,13H2,1-2H3. The monoisotopic (exact) mass is 260 g/mol. The maximum absolute atomic E-state index is 11.6. The van der Waals surface area contributed by atoms with Gasteiger partial charge in [0, 0.05) is 12.1 Å². The first-order valence-corrected chi connectivity index (χ1v) is 8.37. The minimum atomic E-state index is -2.89. The predicted octanol–water partition coefficient (Wildman–Crippen LogP) is 0.623. The number of nitrogens with zero attached hydrogens (tertiary/aromatic N) is 1. The van der Waals surface area contributed by atoms with Crippen LogP contribution in [0.25, 0.3) is 0 Å². The second-order valence-electron chi connectivity index (χ2n) is 6.01. The first kappa shape index (κ1) is 13.3. The average molecular weight is 260 g/mol. The van der Waals surface area contributed by atoms with Gasteiger partial charge in [-0.05, 0) is 31.3 Å². The number of likely N-dealkylation sites (tertiary alicyclic amines) is 1. The number of hydrogen-bond donors (Lipinski definition) is 1. The van der Waals surface area contributed by atoms with Gasteiger partial charge in [0.15, 0.2) is 9.84 Å². The summed E-state index contributed by atoms with van der Waals surface area (Å²) in [6, 6.07) is -0.132. The third kappa shape index (κ3) is 2.83. The Morgan fingerprint density at radius 1 is 1.29 bits per heavy atom. The molecule has 0 aromatic carbocycles. The zero-order chi connectivity index (χ0) is 12.7. The molecule has 100 valence electrons. The SMILES string of the molecule is CCC1(C)CCN(C2CS(=O)(=O)CC2N)CC1. The van der Waals surface area contributed by atoms with Crippen molar-refractivity contribution in [1.82, 2.24) is 4.90 Å². The zero-order valence-corrected chi connectivity index (χ0v) is 11.7. The zero-order valence-electron chi connectivity index (χ0n) is 10.9. The molecule has 0 aromatic rings. The summed E-state index contributed by atoms with van der Waals surface area (Å²) in [5.74, 6) is 0.427. The summed E-state index contributed by atoms with van der Waals surface area (Å²) in [4.78, 5) is 2.30. The van der Waals surface area contributed by atoms with Crippen LogP contribution in [0.2, 0.25) is 0 Å². The van der Waals surface area contributed by atoms with Crippen LogP contribution in [0.15, 0.2) is 0 Å². The minimum Gasteiger partial charge on any atom is -0.325 e. The van der Waals surface area contributed by atoms with E-state index in [0.29, 0.717) is 5.41 Å². The van der Waals surface area contributed by atoms with Crippen LogP contribution in [0.5, 0.6) is 0 Å². The predicted molar refractivity (Wildman–Crippen MR) is 69.6 cm³/mol. The van der Waals surface area contributed by atoms with E-state index in [1.807, 2.05) is 0 Å². The van der Waals surface area contributed by atoms with Crippen molar-refractivity contribution < 1.29 is 8.42 Å². The fraction of sp³-hybridized carbons (Fsp3) is 1.00. The van der Waals surface area contributed by atoms with E-state index in [0.717, 1.165) is 25.9 Å². The lowest BCUT2D eigenvalue weighted by molar-refractivity contribution is 0.0834. The van der Waals surface area contributed by atoms with Gasteiger partial charge in [0.1, 0.15) is 0 Å². The van der Waals surface area contributed by atoms with Crippen molar-refractivity contribution in [3.63, 3.8) is 0 Å². The van der Waals surface area contributed by atoms with E-state index in [4.69, 9.17) is 5.73 Å². The smallest absolute Gasteiger partial charge is 0.153 e. The van der Waals surface area contributed by atoms with Gasteiger partial charge in [-0.3, -0.25) is 4.90 Å². The molecule has 17 heavy (non-hydrogen) atoms. The molecule has 0 spiro atoms. The summed E-state index contributed by atoms with van der Waals surface area (Å²) in [6.07, 6.45) is 3.52. The van der Waals surface area contributed by atoms with Crippen LogP contribution in [-0.4, -0.2) is 50.0 Å². The molecule has 2 aliphatic rings. The Labute approximate surface area is 104 Å². The molecule has 2 saturated heterocycles. The lowest BCUT2D eigenvalue weighted by atomic mass is 9.78. The fourth-order valence-corrected chi connectivity index (χ4v) is 4.90. The van der Waals surface area contributed by atoms with Crippen molar-refractivity contribution in [2.24, 2.45) is 11.1 Å². The Bertz CT molecular complexity index is 372. The molecule has 0 saturated carbocycles. The van der Waals surface area contributed by atoms with Crippen molar-refractivity contribution in [3.05, 3.63) is 0 Å². The molecule has 0 amide bonds. The summed E-state index contributed by atoms with van der Waals surface area (Å²) >= 11 is 0. The molecule has 2 heterocycles. The number of hydrogen-bond acceptors (Lipinski definition) is 4. The van der Waals surface area contributed by atoms with Gasteiger partial charge in [-0.15, -0.1) is 0 Å². The number of sulfone groups is 1. The van der Waals surface area contributed by atoms with Gasteiger partial charge in [0.25, 0.3) is 0 Å². The number of piperidine rings is 1. The molecule has 2 N–H and O–H groups in total. The first-order chi connectivity index (χ1) is 7.85. The lowest BCUT2D eigenvalue weighted by Crippen LogP contribution is -2.51. The molecule has 0 aromatic heterocycles. The fourth-order valence-electron chi connectivity index (χ4n) is 2.98. The third-order valence-corrected chi connectivity index (χ3v) is 6.44. The average Bonchev–Trinajstić information content (AvgIpc) is 2.53. The van der Waals surface area contributed by atoms with Crippen molar-refractivity contribution >= 4 is 9.84 Å². The van der Waals surface area contributed by atoms with Gasteiger partial charge < -0.3 is 5.73 Å². The Morgan fingerprint density at radius 2 is 1.88 bits per heavy atom. The van der Waals surface area contributed by atoms with Crippen molar-refractivity contribution in [3.8, 4) is 0 Å². The van der Waals surface area contributed by atoms with E-state index in [2.05, 4.69) is 18.7 Å². The van der Waals surface area contributed by atoms with Gasteiger partial charge in [-0.25, -0.2) is 8.42 Å². The molecular weight excluding hydrogens is 236 g/mol. The van der Waals surface area contributed by atoms with Gasteiger partial charge in [0.2, 0.25) is 0 Å². The normalized spacial score (nSPS) is 37.1. The van der Waals surface area contributed by atoms with Crippen LogP contribution in [0, 0.1) is 5.41 Å². The second kappa shape index (κ2) is 4.52. The Morgan fingerprint density at radius 3 is 2.29 bits per heavy atom. The highest BCUT2D eigenvalue weighted by molar-refractivity contribution is 7.91. The highest BCUT2D eigenvalue weighted by Gasteiger charge is 2.41. The van der Waals surface area contributed by atoms with Crippen LogP contribution in [0.1, 0.15) is 33.1 Å². The molecule has 2 atom stereocenters. The van der Waals surface area contributed by atoms with Crippen LogP contribution in [0.4, 0.5) is 0 Å². The maximum Gasteiger partial charge on any atom is 0.153 e. The van der Waals surface area contributed by atoms with Gasteiger partial charge >= 0.3 is 0 Å². The maximum atomic E-state index is 11.6. The van der Waals surface area contributed by atoms with Gasteiger partial charge in [-0.1, -0.05) is 20.3 Å². The molecule has 2 aliphatic heterocycles. The summed E-state index contributed by atoms with van der Waals surface area (Å²) in [6.45, 7) is 6.56. The molecule has 5 heteroatoms.